The Morgan fingerprint density at radius 1 is 0.528 bits per heavy atom. The van der Waals surface area contributed by atoms with Crippen LogP contribution in [0.5, 0.6) is 0 Å². The predicted octanol–water partition coefficient (Wildman–Crippen LogP) is 10.7. The molecule has 1 saturated heterocycles. The summed E-state index contributed by atoms with van der Waals surface area (Å²) in [5, 5.41) is 7.86. The van der Waals surface area contributed by atoms with E-state index in [0.29, 0.717) is 0 Å². The highest BCUT2D eigenvalue weighted by Gasteiger charge is 2.05. The molecule has 0 bridgehead atoms. The number of fused-ring (bicyclic) bond motifs is 2. The number of para-hydroxylation sites is 2. The fraction of sp³-hybridized carbons (Fsp3) is 0.576. The second kappa shape index (κ2) is 37.3. The topological polar surface area (TPSA) is 39.9 Å². The number of rotatable bonds is 0. The van der Waals surface area contributed by atoms with E-state index in [4.69, 9.17) is 0 Å². The molecule has 2 aliphatic rings. The maximum absolute atomic E-state index is 3.30. The third kappa shape index (κ3) is 21.1. The van der Waals surface area contributed by atoms with Crippen LogP contribution in [0.25, 0.3) is 10.9 Å². The summed E-state index contributed by atoms with van der Waals surface area (Å²) in [7, 11) is 0. The average molecular weight is 502 g/mol. The normalized spacial score (nSPS) is 11.2. The second-order valence-corrected chi connectivity index (χ2v) is 6.21. The minimum absolute atomic E-state index is 1.11. The highest BCUT2D eigenvalue weighted by Crippen LogP contribution is 2.19. The maximum atomic E-state index is 3.30. The lowest BCUT2D eigenvalue weighted by atomic mass is 10.2. The Morgan fingerprint density at radius 3 is 1.53 bits per heavy atom. The number of aromatic nitrogens is 1. The molecule has 0 radical (unpaired) electrons. The minimum atomic E-state index is 1.11. The Morgan fingerprint density at radius 2 is 1.06 bits per heavy atom. The average Bonchev–Trinajstić information content (AvgIpc) is 3.71. The van der Waals surface area contributed by atoms with Gasteiger partial charge in [-0.05, 0) is 61.5 Å². The summed E-state index contributed by atoms with van der Waals surface area (Å²) in [6.45, 7) is 27.6. The summed E-state index contributed by atoms with van der Waals surface area (Å²) in [4.78, 5) is 3.12. The van der Waals surface area contributed by atoms with Crippen LogP contribution in [0.3, 0.4) is 0 Å². The van der Waals surface area contributed by atoms with Gasteiger partial charge in [0.2, 0.25) is 0 Å². The molecule has 0 aliphatic carbocycles. The molecule has 3 heteroatoms. The molecule has 1 fully saturated rings. The minimum Gasteiger partial charge on any atom is -0.384 e. The first-order valence-electron chi connectivity index (χ1n) is 15.0. The van der Waals surface area contributed by atoms with Crippen molar-refractivity contribution in [2.45, 2.75) is 109 Å². The quantitative estimate of drug-likeness (QED) is 0.286. The van der Waals surface area contributed by atoms with Crippen molar-refractivity contribution in [2.24, 2.45) is 0 Å². The highest BCUT2D eigenvalue weighted by atomic mass is 14.9. The van der Waals surface area contributed by atoms with Gasteiger partial charge < -0.3 is 15.6 Å². The van der Waals surface area contributed by atoms with Crippen molar-refractivity contribution in [3.63, 3.8) is 0 Å². The van der Waals surface area contributed by atoms with Gasteiger partial charge in [-0.15, -0.1) is 0 Å². The molecule has 5 rings (SSSR count). The first kappa shape index (κ1) is 40.9. The van der Waals surface area contributed by atoms with Gasteiger partial charge in [-0.1, -0.05) is 126 Å². The number of hydrogen-bond donors (Lipinski definition) is 3. The fourth-order valence-electron chi connectivity index (χ4n) is 3.04. The molecular formula is C33H63N3. The number of aromatic amines is 1. The molecule has 1 aromatic heterocycles. The number of hydrogen-bond acceptors (Lipinski definition) is 2. The monoisotopic (exact) mass is 502 g/mol. The third-order valence-electron chi connectivity index (χ3n) is 4.40. The van der Waals surface area contributed by atoms with E-state index in [-0.39, 0.29) is 0 Å². The van der Waals surface area contributed by atoms with E-state index in [1.165, 1.54) is 60.9 Å². The zero-order valence-electron chi connectivity index (χ0n) is 26.2. The fourth-order valence-corrected chi connectivity index (χ4v) is 3.04. The van der Waals surface area contributed by atoms with Crippen LogP contribution >= 0.6 is 0 Å². The first-order valence-corrected chi connectivity index (χ1v) is 15.0. The van der Waals surface area contributed by atoms with Gasteiger partial charge in [-0.3, -0.25) is 0 Å². The SMILES string of the molecule is C1CCNCC1.CC.CC.CC.CC.CC.CC.c1ccc2[nH]ccc2c1.c1ccc2c(c1)CCN2. The van der Waals surface area contributed by atoms with E-state index in [9.17, 15) is 0 Å². The molecule has 210 valence electrons. The molecule has 3 N–H and O–H groups in total. The number of anilines is 1. The Labute approximate surface area is 226 Å². The number of benzene rings is 2. The molecule has 3 heterocycles. The van der Waals surface area contributed by atoms with E-state index in [1.807, 2.05) is 101 Å². The van der Waals surface area contributed by atoms with Crippen LogP contribution < -0.4 is 10.6 Å². The summed E-state index contributed by atoms with van der Waals surface area (Å²) in [5.41, 5.74) is 3.98. The highest BCUT2D eigenvalue weighted by molar-refractivity contribution is 5.78. The summed E-state index contributed by atoms with van der Waals surface area (Å²) >= 11 is 0. The summed E-state index contributed by atoms with van der Waals surface area (Å²) in [6.07, 6.45) is 7.36. The predicted molar refractivity (Wildman–Crippen MR) is 172 cm³/mol. The van der Waals surface area contributed by atoms with Crippen LogP contribution in [-0.4, -0.2) is 24.6 Å². The molecule has 3 aromatic rings. The molecular weight excluding hydrogens is 438 g/mol. The van der Waals surface area contributed by atoms with Crippen molar-refractivity contribution in [2.75, 3.05) is 25.0 Å². The van der Waals surface area contributed by atoms with E-state index in [0.717, 1.165) is 6.54 Å². The Kier molecular flexibility index (Phi) is 42.4. The van der Waals surface area contributed by atoms with E-state index in [2.05, 4.69) is 58.1 Å². The van der Waals surface area contributed by atoms with Crippen molar-refractivity contribution in [3.8, 4) is 0 Å². The van der Waals surface area contributed by atoms with Gasteiger partial charge in [-0.2, -0.15) is 0 Å². The summed E-state index contributed by atoms with van der Waals surface area (Å²) < 4.78 is 0. The smallest absolute Gasteiger partial charge is 0.0453 e. The number of H-pyrrole nitrogens is 1. The first-order chi connectivity index (χ1) is 17.9. The van der Waals surface area contributed by atoms with Crippen LogP contribution in [-0.2, 0) is 6.42 Å². The lowest BCUT2D eigenvalue weighted by Crippen LogP contribution is -2.21. The van der Waals surface area contributed by atoms with Gasteiger partial charge >= 0.3 is 0 Å². The van der Waals surface area contributed by atoms with E-state index >= 15 is 0 Å². The zero-order valence-corrected chi connectivity index (χ0v) is 26.2. The second-order valence-electron chi connectivity index (χ2n) is 6.21. The Balaban J connectivity index is -0.000000179. The van der Waals surface area contributed by atoms with Crippen molar-refractivity contribution in [3.05, 3.63) is 66.4 Å². The standard InChI is InChI=1S/C8H9N.C8H7N.C5H11N.6C2H6/c2*1-2-4-8-7(3-1)5-6-9-8;1-2-4-6-5-3-1;6*1-2/h1-4,9H,5-6H2;1-6,9H;6H,1-5H2;6*1-2H3. The lowest BCUT2D eigenvalue weighted by molar-refractivity contribution is 0.520. The van der Waals surface area contributed by atoms with Crippen molar-refractivity contribution in [1.82, 2.24) is 10.3 Å². The van der Waals surface area contributed by atoms with Gasteiger partial charge in [0.25, 0.3) is 0 Å². The van der Waals surface area contributed by atoms with Crippen LogP contribution in [0.15, 0.2) is 60.8 Å². The van der Waals surface area contributed by atoms with Crippen LogP contribution in [0, 0.1) is 0 Å². The molecule has 0 spiro atoms. The van der Waals surface area contributed by atoms with Gasteiger partial charge in [0.15, 0.2) is 0 Å². The Bertz CT molecular complexity index is 666. The van der Waals surface area contributed by atoms with E-state index in [1.54, 1.807) is 0 Å². The van der Waals surface area contributed by atoms with Gasteiger partial charge in [0, 0.05) is 23.9 Å². The van der Waals surface area contributed by atoms with Gasteiger partial charge in [0.05, 0.1) is 0 Å². The van der Waals surface area contributed by atoms with Crippen molar-refractivity contribution in [1.29, 1.82) is 0 Å². The van der Waals surface area contributed by atoms with Crippen LogP contribution in [0.1, 0.15) is 108 Å². The third-order valence-corrected chi connectivity index (χ3v) is 4.40. The molecule has 0 amide bonds. The molecule has 2 aliphatic heterocycles. The Hall–Kier alpha value is -2.26. The zero-order chi connectivity index (χ0) is 28.5. The van der Waals surface area contributed by atoms with Crippen LogP contribution in [0.4, 0.5) is 5.69 Å². The molecule has 0 atom stereocenters. The molecule has 36 heavy (non-hydrogen) atoms. The summed E-state index contributed by atoms with van der Waals surface area (Å²) in [6, 6.07) is 18.7. The van der Waals surface area contributed by atoms with Gasteiger partial charge in [0.1, 0.15) is 0 Å². The number of piperidine rings is 1. The largest absolute Gasteiger partial charge is 0.384 e. The molecule has 3 nitrogen and oxygen atoms in total. The van der Waals surface area contributed by atoms with Crippen molar-refractivity contribution >= 4 is 16.6 Å². The van der Waals surface area contributed by atoms with Gasteiger partial charge in [-0.25, -0.2) is 0 Å². The lowest BCUT2D eigenvalue weighted by Gasteiger charge is -2.08. The maximum Gasteiger partial charge on any atom is 0.0453 e. The molecule has 0 unspecified atom stereocenters. The molecule has 2 aromatic carbocycles. The van der Waals surface area contributed by atoms with Crippen LogP contribution in [0.2, 0.25) is 0 Å². The number of nitrogens with one attached hydrogen (secondary N) is 3. The van der Waals surface area contributed by atoms with E-state index < -0.39 is 0 Å². The molecule has 0 saturated carbocycles. The summed E-state index contributed by atoms with van der Waals surface area (Å²) in [5.74, 6) is 0. The van der Waals surface area contributed by atoms with Crippen molar-refractivity contribution < 1.29 is 0 Å².